The molecule has 0 radical (unpaired) electrons. The molecule has 110 valence electrons. The molecule has 8 heteroatoms. The van der Waals surface area contributed by atoms with E-state index in [-0.39, 0.29) is 17.1 Å². The van der Waals surface area contributed by atoms with Crippen molar-refractivity contribution in [3.8, 4) is 11.5 Å². The molecule has 20 heavy (non-hydrogen) atoms. The highest BCUT2D eigenvalue weighted by atomic mass is 19.3. The van der Waals surface area contributed by atoms with Crippen molar-refractivity contribution >= 4 is 5.97 Å². The Morgan fingerprint density at radius 3 is 2.65 bits per heavy atom. The lowest BCUT2D eigenvalue weighted by Gasteiger charge is -2.17. The van der Waals surface area contributed by atoms with Crippen LogP contribution in [0.2, 0.25) is 0 Å². The number of halogens is 2. The summed E-state index contributed by atoms with van der Waals surface area (Å²) in [5.41, 5.74) is 0.112. The Labute approximate surface area is 112 Å². The van der Waals surface area contributed by atoms with Gasteiger partial charge in [0.25, 0.3) is 0 Å². The third-order valence-corrected chi connectivity index (χ3v) is 2.73. The Hall–Kier alpha value is -1.93. The Kier molecular flexibility index (Phi) is 3.78. The van der Waals surface area contributed by atoms with Crippen LogP contribution in [0.1, 0.15) is 18.1 Å². The summed E-state index contributed by atoms with van der Waals surface area (Å²) < 4.78 is 38.4. The van der Waals surface area contributed by atoms with E-state index in [1.165, 1.54) is 12.1 Å². The van der Waals surface area contributed by atoms with Crippen LogP contribution in [0.5, 0.6) is 11.5 Å². The third kappa shape index (κ3) is 2.97. The molecule has 1 aliphatic heterocycles. The average Bonchev–Trinajstić information content (AvgIpc) is 2.70. The van der Waals surface area contributed by atoms with Crippen molar-refractivity contribution in [3.05, 3.63) is 23.8 Å². The minimum atomic E-state index is -3.75. The van der Waals surface area contributed by atoms with E-state index < -0.39 is 30.9 Å². The van der Waals surface area contributed by atoms with Crippen molar-refractivity contribution < 1.29 is 38.0 Å². The van der Waals surface area contributed by atoms with Gasteiger partial charge in [-0.2, -0.15) is 0 Å². The maximum atomic E-state index is 12.8. The largest absolute Gasteiger partial charge is 0.586 e. The summed E-state index contributed by atoms with van der Waals surface area (Å²) in [6, 6.07) is 3.58. The Morgan fingerprint density at radius 1 is 1.35 bits per heavy atom. The fourth-order valence-electron chi connectivity index (χ4n) is 1.74. The van der Waals surface area contributed by atoms with Gasteiger partial charge in [0, 0.05) is 0 Å². The van der Waals surface area contributed by atoms with Crippen LogP contribution in [0.3, 0.4) is 0 Å². The fraction of sp³-hybridized carbons (Fsp3) is 0.417. The molecule has 0 fully saturated rings. The zero-order valence-electron chi connectivity index (χ0n) is 10.4. The number of carbonyl (C=O) groups excluding carboxylic acids is 1. The first-order valence-electron chi connectivity index (χ1n) is 5.65. The van der Waals surface area contributed by atoms with Crippen LogP contribution in [0.4, 0.5) is 8.78 Å². The molecule has 0 aromatic heterocycles. The first-order chi connectivity index (χ1) is 9.32. The number of methoxy groups -OCH3 is 1. The molecule has 1 aliphatic rings. The molecule has 2 rings (SSSR count). The first kappa shape index (κ1) is 14.5. The second-order valence-electron chi connectivity index (χ2n) is 4.17. The van der Waals surface area contributed by atoms with Crippen LogP contribution in [-0.2, 0) is 9.53 Å². The molecule has 0 bridgehead atoms. The van der Waals surface area contributed by atoms with Crippen molar-refractivity contribution in [1.82, 2.24) is 0 Å². The maximum Gasteiger partial charge on any atom is 0.586 e. The van der Waals surface area contributed by atoms with Gasteiger partial charge in [-0.05, 0) is 17.7 Å². The number of alkyl halides is 2. The predicted octanol–water partition coefficient (Wildman–Crippen LogP) is 0.966. The number of ether oxygens (including phenoxy) is 3. The summed E-state index contributed by atoms with van der Waals surface area (Å²) in [6.07, 6.45) is -7.06. The quantitative estimate of drug-likeness (QED) is 0.804. The van der Waals surface area contributed by atoms with E-state index in [1.807, 2.05) is 0 Å². The van der Waals surface area contributed by atoms with Gasteiger partial charge in [-0.25, -0.2) is 0 Å². The zero-order valence-corrected chi connectivity index (χ0v) is 10.4. The predicted molar refractivity (Wildman–Crippen MR) is 60.2 cm³/mol. The number of benzene rings is 1. The van der Waals surface area contributed by atoms with Crippen molar-refractivity contribution in [2.24, 2.45) is 0 Å². The SMILES string of the molecule is COC(=O)CC(O)C(O)c1ccc2c(c1)OC(F)(F)O2. The molecule has 2 unspecified atom stereocenters. The van der Waals surface area contributed by atoms with Crippen LogP contribution < -0.4 is 9.47 Å². The van der Waals surface area contributed by atoms with Crippen LogP contribution in [0.15, 0.2) is 18.2 Å². The van der Waals surface area contributed by atoms with Gasteiger partial charge in [-0.15, -0.1) is 8.78 Å². The second kappa shape index (κ2) is 5.22. The summed E-state index contributed by atoms with van der Waals surface area (Å²) in [7, 11) is 1.14. The van der Waals surface area contributed by atoms with Crippen LogP contribution in [-0.4, -0.2) is 35.7 Å². The Morgan fingerprint density at radius 2 is 2.00 bits per heavy atom. The normalized spacial score (nSPS) is 18.4. The molecule has 2 atom stereocenters. The number of rotatable bonds is 4. The monoisotopic (exact) mass is 290 g/mol. The maximum absolute atomic E-state index is 12.8. The highest BCUT2D eigenvalue weighted by Gasteiger charge is 2.43. The van der Waals surface area contributed by atoms with Crippen LogP contribution in [0, 0.1) is 0 Å². The molecule has 0 amide bonds. The highest BCUT2D eigenvalue weighted by Crippen LogP contribution is 2.42. The van der Waals surface area contributed by atoms with E-state index in [0.717, 1.165) is 13.2 Å². The molecule has 0 saturated carbocycles. The summed E-state index contributed by atoms with van der Waals surface area (Å²) in [5, 5.41) is 19.5. The van der Waals surface area contributed by atoms with Gasteiger partial charge in [0.1, 0.15) is 6.10 Å². The number of hydrogen-bond donors (Lipinski definition) is 2. The summed E-state index contributed by atoms with van der Waals surface area (Å²) in [5.74, 6) is -1.13. The molecular formula is C12H12F2O6. The Bertz CT molecular complexity index is 519. The number of aliphatic hydroxyl groups is 2. The number of carbonyl (C=O) groups is 1. The van der Waals surface area contributed by atoms with Gasteiger partial charge >= 0.3 is 12.3 Å². The number of hydrogen-bond acceptors (Lipinski definition) is 6. The van der Waals surface area contributed by atoms with Crippen LogP contribution >= 0.6 is 0 Å². The minimum Gasteiger partial charge on any atom is -0.469 e. The lowest BCUT2D eigenvalue weighted by atomic mass is 10.0. The van der Waals surface area contributed by atoms with E-state index >= 15 is 0 Å². The van der Waals surface area contributed by atoms with Crippen molar-refractivity contribution in [1.29, 1.82) is 0 Å². The van der Waals surface area contributed by atoms with Crippen molar-refractivity contribution in [2.75, 3.05) is 7.11 Å². The van der Waals surface area contributed by atoms with E-state index in [2.05, 4.69) is 14.2 Å². The number of aliphatic hydroxyl groups excluding tert-OH is 2. The summed E-state index contributed by atoms with van der Waals surface area (Å²) in [4.78, 5) is 11.0. The van der Waals surface area contributed by atoms with Gasteiger partial charge in [-0.3, -0.25) is 4.79 Å². The molecule has 0 aliphatic carbocycles. The minimum absolute atomic E-state index is 0.112. The van der Waals surface area contributed by atoms with E-state index in [0.29, 0.717) is 0 Å². The average molecular weight is 290 g/mol. The first-order valence-corrected chi connectivity index (χ1v) is 5.65. The van der Waals surface area contributed by atoms with Crippen molar-refractivity contribution in [2.45, 2.75) is 24.9 Å². The topological polar surface area (TPSA) is 85.2 Å². The number of esters is 1. The molecule has 6 nitrogen and oxygen atoms in total. The lowest BCUT2D eigenvalue weighted by Crippen LogP contribution is -2.26. The zero-order chi connectivity index (χ0) is 14.9. The molecule has 0 spiro atoms. The van der Waals surface area contributed by atoms with Gasteiger partial charge in [0.15, 0.2) is 11.5 Å². The highest BCUT2D eigenvalue weighted by molar-refractivity contribution is 5.69. The molecule has 0 saturated heterocycles. The second-order valence-corrected chi connectivity index (χ2v) is 4.17. The van der Waals surface area contributed by atoms with Gasteiger partial charge in [0.05, 0.1) is 19.6 Å². The molecule has 1 heterocycles. The van der Waals surface area contributed by atoms with Crippen molar-refractivity contribution in [3.63, 3.8) is 0 Å². The number of fused-ring (bicyclic) bond motifs is 1. The van der Waals surface area contributed by atoms with E-state index in [4.69, 9.17) is 0 Å². The van der Waals surface area contributed by atoms with E-state index in [9.17, 15) is 23.8 Å². The molecule has 1 aromatic carbocycles. The van der Waals surface area contributed by atoms with Gasteiger partial charge in [0.2, 0.25) is 0 Å². The summed E-state index contributed by atoms with van der Waals surface area (Å²) in [6.45, 7) is 0. The Balaban J connectivity index is 2.13. The lowest BCUT2D eigenvalue weighted by molar-refractivity contribution is -0.286. The van der Waals surface area contributed by atoms with Gasteiger partial charge < -0.3 is 24.4 Å². The smallest absolute Gasteiger partial charge is 0.469 e. The molecule has 1 aromatic rings. The molecular weight excluding hydrogens is 278 g/mol. The van der Waals surface area contributed by atoms with Gasteiger partial charge in [-0.1, -0.05) is 6.07 Å². The van der Waals surface area contributed by atoms with E-state index in [1.54, 1.807) is 0 Å². The third-order valence-electron chi connectivity index (χ3n) is 2.73. The summed E-state index contributed by atoms with van der Waals surface area (Å²) >= 11 is 0. The fourth-order valence-corrected chi connectivity index (χ4v) is 1.74. The standard InChI is InChI=1S/C12H12F2O6/c1-18-10(16)5-7(15)11(17)6-2-3-8-9(4-6)20-12(13,14)19-8/h2-4,7,11,15,17H,5H2,1H3. The van der Waals surface area contributed by atoms with Crippen LogP contribution in [0.25, 0.3) is 0 Å². The molecule has 2 N–H and O–H groups in total.